The highest BCUT2D eigenvalue weighted by Gasteiger charge is 2.56. The summed E-state index contributed by atoms with van der Waals surface area (Å²) >= 11 is 0. The number of nitrogens with zero attached hydrogens (tertiary/aromatic N) is 1. The molecule has 11 heteroatoms. The van der Waals surface area contributed by atoms with Gasteiger partial charge in [0.05, 0.1) is 23.0 Å². The Morgan fingerprint density at radius 3 is 2.24 bits per heavy atom. The van der Waals surface area contributed by atoms with Crippen LogP contribution in [-0.4, -0.2) is 32.5 Å². The van der Waals surface area contributed by atoms with Crippen LogP contribution in [0.5, 0.6) is 0 Å². The van der Waals surface area contributed by atoms with Crippen molar-refractivity contribution in [1.82, 2.24) is 4.98 Å². The van der Waals surface area contributed by atoms with Crippen LogP contribution in [-0.2, 0) is 35.2 Å². The molecule has 3 unspecified atom stereocenters. The van der Waals surface area contributed by atoms with E-state index in [0.29, 0.717) is 55.5 Å². The van der Waals surface area contributed by atoms with Gasteiger partial charge in [0.15, 0.2) is 8.32 Å². The molecule has 3 heterocycles. The smallest absolute Gasteiger partial charge is 0.416 e. The first kappa shape index (κ1) is 35.0. The normalized spacial score (nSPS) is 24.2. The number of hydrogen-bond acceptors (Lipinski definition) is 6. The molecule has 0 bridgehead atoms. The number of halogens is 4. The van der Waals surface area contributed by atoms with E-state index in [1.165, 1.54) is 13.0 Å². The first-order valence-electron chi connectivity index (χ1n) is 16.1. The van der Waals surface area contributed by atoms with Crippen LogP contribution in [0.1, 0.15) is 138 Å². The first-order valence-corrected chi connectivity index (χ1v) is 19.1. The molecule has 1 fully saturated rings. The number of fused-ring (bicyclic) bond motifs is 4. The lowest BCUT2D eigenvalue weighted by atomic mass is 9.68. The summed E-state index contributed by atoms with van der Waals surface area (Å²) in [6, 6.07) is 2.62. The highest BCUT2D eigenvalue weighted by atomic mass is 28.4. The van der Waals surface area contributed by atoms with Gasteiger partial charge in [-0.3, -0.25) is 9.78 Å². The Labute approximate surface area is 270 Å². The summed E-state index contributed by atoms with van der Waals surface area (Å²) < 4.78 is 82.4. The molecule has 2 aliphatic heterocycles. The van der Waals surface area contributed by atoms with Crippen LogP contribution in [0.3, 0.4) is 0 Å². The fourth-order valence-electron chi connectivity index (χ4n) is 6.99. The average Bonchev–Trinajstić information content (AvgIpc) is 3.22. The Bertz CT molecular complexity index is 1510. The van der Waals surface area contributed by atoms with Gasteiger partial charge in [-0.15, -0.1) is 0 Å². The first-order chi connectivity index (χ1) is 21.1. The van der Waals surface area contributed by atoms with Crippen molar-refractivity contribution in [3.05, 3.63) is 63.2 Å². The Kier molecular flexibility index (Phi) is 8.87. The summed E-state index contributed by atoms with van der Waals surface area (Å²) in [6.45, 7) is 21.1. The maximum absolute atomic E-state index is 15.8. The van der Waals surface area contributed by atoms with Crippen molar-refractivity contribution in [2.75, 3.05) is 13.2 Å². The zero-order chi connectivity index (χ0) is 34.2. The second kappa shape index (κ2) is 11.7. The fraction of sp³-hybridized carbons (Fsp3) is 0.657. The number of ether oxygens (including phenoxy) is 3. The molecule has 1 spiro atoms. The molecule has 0 saturated carbocycles. The van der Waals surface area contributed by atoms with E-state index >= 15 is 4.39 Å². The predicted molar refractivity (Wildman–Crippen MR) is 168 cm³/mol. The average molecular weight is 666 g/mol. The Morgan fingerprint density at radius 2 is 1.72 bits per heavy atom. The molecular formula is C35H47F4NO5Si. The molecule has 2 aromatic rings. The predicted octanol–water partition coefficient (Wildman–Crippen LogP) is 9.59. The van der Waals surface area contributed by atoms with Crippen LogP contribution >= 0.6 is 0 Å². The summed E-state index contributed by atoms with van der Waals surface area (Å²) in [7, 11) is -2.39. The number of hydrogen-bond donors (Lipinski definition) is 0. The van der Waals surface area contributed by atoms with Gasteiger partial charge in [0.1, 0.15) is 18.0 Å². The number of rotatable bonds is 5. The van der Waals surface area contributed by atoms with Gasteiger partial charge in [0.25, 0.3) is 0 Å². The molecule has 254 valence electrons. The van der Waals surface area contributed by atoms with Gasteiger partial charge in [-0.05, 0) is 48.2 Å². The van der Waals surface area contributed by atoms with Crippen molar-refractivity contribution in [3.63, 3.8) is 0 Å². The number of aromatic nitrogens is 1. The van der Waals surface area contributed by atoms with Gasteiger partial charge in [0, 0.05) is 60.8 Å². The molecule has 46 heavy (non-hydrogen) atoms. The second-order valence-corrected chi connectivity index (χ2v) is 20.4. The molecule has 1 saturated heterocycles. The summed E-state index contributed by atoms with van der Waals surface area (Å²) in [5.74, 6) is -1.58. The molecule has 0 N–H and O–H groups in total. The van der Waals surface area contributed by atoms with Crippen molar-refractivity contribution in [2.45, 2.75) is 129 Å². The minimum atomic E-state index is -4.69. The van der Waals surface area contributed by atoms with E-state index in [1.807, 2.05) is 13.8 Å². The minimum Gasteiger partial charge on any atom is -0.455 e. The van der Waals surface area contributed by atoms with E-state index in [9.17, 15) is 18.0 Å². The Morgan fingerprint density at radius 1 is 1.09 bits per heavy atom. The number of pyridine rings is 1. The topological polar surface area (TPSA) is 66.9 Å². The summed E-state index contributed by atoms with van der Waals surface area (Å²) in [5.41, 5.74) is 1.05. The fourth-order valence-corrected chi connectivity index (χ4v) is 8.26. The maximum Gasteiger partial charge on any atom is 0.416 e. The van der Waals surface area contributed by atoms with Crippen LogP contribution in [0.4, 0.5) is 17.6 Å². The van der Waals surface area contributed by atoms with Crippen molar-refractivity contribution >= 4 is 14.3 Å². The summed E-state index contributed by atoms with van der Waals surface area (Å²) in [5, 5.41) is -0.114. The molecule has 3 atom stereocenters. The van der Waals surface area contributed by atoms with E-state index in [0.717, 1.165) is 17.2 Å². The molecule has 0 amide bonds. The number of esters is 1. The molecule has 5 rings (SSSR count). The van der Waals surface area contributed by atoms with Gasteiger partial charge < -0.3 is 18.6 Å². The van der Waals surface area contributed by atoms with Crippen molar-refractivity contribution in [2.24, 2.45) is 5.41 Å². The lowest BCUT2D eigenvalue weighted by Crippen LogP contribution is -2.46. The van der Waals surface area contributed by atoms with E-state index < -0.39 is 61.2 Å². The SMILES string of the molecule is CC(=O)OC1c2nc(C(C)C)c3c(c2C(O[Si](C)(C)C(C)(C)C)CC1(C)C)C1(CCOCC1)OC3c1ccc(C(F)(F)F)cc1F. The number of alkyl halides is 3. The molecule has 0 radical (unpaired) electrons. The molecule has 3 aliphatic rings. The third kappa shape index (κ3) is 6.05. The second-order valence-electron chi connectivity index (χ2n) is 15.6. The summed E-state index contributed by atoms with van der Waals surface area (Å²) in [4.78, 5) is 17.8. The molecule has 1 aromatic heterocycles. The van der Waals surface area contributed by atoms with Crippen LogP contribution in [0.15, 0.2) is 18.2 Å². The number of benzene rings is 1. The van der Waals surface area contributed by atoms with Gasteiger partial charge in [-0.1, -0.05) is 54.5 Å². The van der Waals surface area contributed by atoms with Crippen LogP contribution < -0.4 is 0 Å². The third-order valence-corrected chi connectivity index (χ3v) is 14.9. The van der Waals surface area contributed by atoms with Crippen molar-refractivity contribution < 1.29 is 41.0 Å². The highest BCUT2D eigenvalue weighted by Crippen LogP contribution is 2.61. The lowest BCUT2D eigenvalue weighted by Gasteiger charge is -2.48. The van der Waals surface area contributed by atoms with Crippen molar-refractivity contribution in [1.29, 1.82) is 0 Å². The van der Waals surface area contributed by atoms with Gasteiger partial charge >= 0.3 is 12.1 Å². The summed E-state index contributed by atoms with van der Waals surface area (Å²) in [6.07, 6.45) is -5.35. The molecule has 6 nitrogen and oxygen atoms in total. The van der Waals surface area contributed by atoms with E-state index in [-0.39, 0.29) is 16.5 Å². The Balaban J connectivity index is 1.86. The van der Waals surface area contributed by atoms with Crippen molar-refractivity contribution in [3.8, 4) is 0 Å². The molecular weight excluding hydrogens is 618 g/mol. The van der Waals surface area contributed by atoms with E-state index in [1.54, 1.807) is 0 Å². The van der Waals surface area contributed by atoms with Gasteiger partial charge in [-0.2, -0.15) is 13.2 Å². The zero-order valence-corrected chi connectivity index (χ0v) is 29.6. The lowest BCUT2D eigenvalue weighted by molar-refractivity contribution is -0.156. The van der Waals surface area contributed by atoms with Crippen LogP contribution in [0, 0.1) is 11.2 Å². The van der Waals surface area contributed by atoms with Crippen LogP contribution in [0.2, 0.25) is 18.1 Å². The third-order valence-electron chi connectivity index (χ3n) is 10.4. The highest BCUT2D eigenvalue weighted by molar-refractivity contribution is 6.74. The van der Waals surface area contributed by atoms with Crippen LogP contribution in [0.25, 0.3) is 0 Å². The quantitative estimate of drug-likeness (QED) is 0.180. The maximum atomic E-state index is 15.8. The number of carbonyl (C=O) groups is 1. The minimum absolute atomic E-state index is 0.0239. The largest absolute Gasteiger partial charge is 0.455 e. The molecule has 1 aliphatic carbocycles. The zero-order valence-electron chi connectivity index (χ0n) is 28.6. The Hall–Kier alpha value is -2.34. The van der Waals surface area contributed by atoms with Gasteiger partial charge in [-0.25, -0.2) is 4.39 Å². The molecule has 1 aromatic carbocycles. The standard InChI is InChI=1S/C35H47F4NO5Si/c1-19(2)28-26-27(34(13-15-42-16-14-34)44-30(26)22-12-11-21(17-23(22)36)35(37,38)39)25-24(45-46(9,10)32(4,5)6)18-33(7,8)31(29(25)40-28)43-20(3)41/h11-12,17,19,24,30-31H,13-16,18H2,1-10H3. The van der Waals surface area contributed by atoms with Gasteiger partial charge in [0.2, 0.25) is 0 Å². The van der Waals surface area contributed by atoms with E-state index in [2.05, 4.69) is 47.7 Å². The monoisotopic (exact) mass is 665 g/mol. The van der Waals surface area contributed by atoms with E-state index in [4.69, 9.17) is 23.6 Å². The number of carbonyl (C=O) groups excluding carboxylic acids is 1.